The molecule has 6 unspecified atom stereocenters. The van der Waals surface area contributed by atoms with Gasteiger partial charge in [0.25, 0.3) is 0 Å². The second-order valence-electron chi connectivity index (χ2n) is 10.2. The number of rotatable bonds is 11. The smallest absolute Gasteiger partial charge is 0.0836 e. The molecule has 31 heavy (non-hydrogen) atoms. The summed E-state index contributed by atoms with van der Waals surface area (Å²) in [5, 5.41) is 20.7. The monoisotopic (exact) mass is 442 g/mol. The average molecular weight is 443 g/mol. The fourth-order valence-corrected chi connectivity index (χ4v) is 5.35. The summed E-state index contributed by atoms with van der Waals surface area (Å²) in [5.74, 6) is 0. The lowest BCUT2D eigenvalue weighted by Crippen LogP contribution is -2.45. The van der Waals surface area contributed by atoms with Crippen LogP contribution in [0.5, 0.6) is 0 Å². The third kappa shape index (κ3) is 7.38. The van der Waals surface area contributed by atoms with Crippen molar-refractivity contribution in [3.05, 3.63) is 0 Å². The van der Waals surface area contributed by atoms with Crippen molar-refractivity contribution in [1.82, 2.24) is 0 Å². The molecule has 0 spiro atoms. The number of ether oxygens (including phenoxy) is 4. The van der Waals surface area contributed by atoms with Crippen molar-refractivity contribution >= 4 is 0 Å². The molecule has 2 N–H and O–H groups in total. The topological polar surface area (TPSA) is 77.4 Å². The number of methoxy groups -OCH3 is 1. The molecule has 3 saturated carbocycles. The molecule has 182 valence electrons. The third-order valence-electron chi connectivity index (χ3n) is 7.84. The third-order valence-corrected chi connectivity index (χ3v) is 7.84. The van der Waals surface area contributed by atoms with Gasteiger partial charge in [-0.1, -0.05) is 45.4 Å². The normalized spacial score (nSPS) is 36.8. The van der Waals surface area contributed by atoms with E-state index in [-0.39, 0.29) is 42.0 Å². The minimum absolute atomic E-state index is 0.0960. The van der Waals surface area contributed by atoms with Gasteiger partial charge in [-0.25, -0.2) is 0 Å². The first kappa shape index (κ1) is 25.4. The van der Waals surface area contributed by atoms with Gasteiger partial charge in [0.05, 0.1) is 56.4 Å². The van der Waals surface area contributed by atoms with E-state index in [4.69, 9.17) is 18.9 Å². The van der Waals surface area contributed by atoms with Gasteiger partial charge in [0.15, 0.2) is 0 Å². The fourth-order valence-electron chi connectivity index (χ4n) is 5.35. The maximum absolute atomic E-state index is 10.4. The van der Waals surface area contributed by atoms with Crippen molar-refractivity contribution in [2.24, 2.45) is 5.41 Å². The van der Waals surface area contributed by atoms with E-state index >= 15 is 0 Å². The maximum atomic E-state index is 10.4. The lowest BCUT2D eigenvalue weighted by Gasteiger charge is -2.40. The van der Waals surface area contributed by atoms with Gasteiger partial charge >= 0.3 is 0 Å². The molecule has 3 rings (SSSR count). The first-order valence-corrected chi connectivity index (χ1v) is 12.8. The summed E-state index contributed by atoms with van der Waals surface area (Å²) in [5.41, 5.74) is -0.288. The van der Waals surface area contributed by atoms with Crippen LogP contribution >= 0.6 is 0 Å². The Bertz CT molecular complexity index is 474. The van der Waals surface area contributed by atoms with E-state index < -0.39 is 0 Å². The van der Waals surface area contributed by atoms with Gasteiger partial charge in [-0.05, 0) is 44.9 Å². The highest BCUT2D eigenvalue weighted by molar-refractivity contribution is 4.85. The minimum atomic E-state index is -0.374. The Morgan fingerprint density at radius 2 is 1.00 bits per heavy atom. The van der Waals surface area contributed by atoms with Crippen LogP contribution in [0.3, 0.4) is 0 Å². The lowest BCUT2D eigenvalue weighted by atomic mass is 9.86. The molecule has 0 aromatic heterocycles. The predicted molar refractivity (Wildman–Crippen MR) is 120 cm³/mol. The SMILES string of the molecule is CCC(COC1CCCCC1O)(COC1CCCCC1O)COC1CCCCC1OC. The molecule has 0 radical (unpaired) electrons. The van der Waals surface area contributed by atoms with E-state index in [1.165, 1.54) is 12.8 Å². The van der Waals surface area contributed by atoms with Crippen molar-refractivity contribution < 1.29 is 29.2 Å². The largest absolute Gasteiger partial charge is 0.390 e. The molecule has 3 aliphatic carbocycles. The summed E-state index contributed by atoms with van der Waals surface area (Å²) >= 11 is 0. The predicted octanol–water partition coefficient (Wildman–Crippen LogP) is 4.00. The molecule has 0 heterocycles. The average Bonchev–Trinajstić information content (AvgIpc) is 2.81. The zero-order chi connectivity index (χ0) is 22.1. The molecule has 6 atom stereocenters. The van der Waals surface area contributed by atoms with Crippen LogP contribution in [0.25, 0.3) is 0 Å². The first-order chi connectivity index (χ1) is 15.1. The van der Waals surface area contributed by atoms with Gasteiger partial charge in [-0.15, -0.1) is 0 Å². The summed E-state index contributed by atoms with van der Waals surface area (Å²) in [6.45, 7) is 3.75. The highest BCUT2D eigenvalue weighted by atomic mass is 16.5. The van der Waals surface area contributed by atoms with Crippen LogP contribution in [0.15, 0.2) is 0 Å². The van der Waals surface area contributed by atoms with Crippen LogP contribution in [0.1, 0.15) is 90.4 Å². The van der Waals surface area contributed by atoms with Crippen molar-refractivity contribution in [3.63, 3.8) is 0 Å². The Kier molecular flexibility index (Phi) is 10.5. The number of aliphatic hydroxyl groups excluding tert-OH is 2. The molecule has 6 nitrogen and oxygen atoms in total. The number of hydrogen-bond acceptors (Lipinski definition) is 6. The van der Waals surface area contributed by atoms with Gasteiger partial charge in [0.2, 0.25) is 0 Å². The second-order valence-corrected chi connectivity index (χ2v) is 10.2. The Morgan fingerprint density at radius 1 is 0.613 bits per heavy atom. The van der Waals surface area contributed by atoms with Crippen LogP contribution in [-0.4, -0.2) is 73.8 Å². The van der Waals surface area contributed by atoms with Gasteiger partial charge < -0.3 is 29.2 Å². The van der Waals surface area contributed by atoms with E-state index in [1.807, 2.05) is 0 Å². The Labute approximate surface area is 189 Å². The van der Waals surface area contributed by atoms with Crippen molar-refractivity contribution in [2.45, 2.75) is 127 Å². The highest BCUT2D eigenvalue weighted by Gasteiger charge is 2.37. The van der Waals surface area contributed by atoms with Crippen LogP contribution in [0.2, 0.25) is 0 Å². The first-order valence-electron chi connectivity index (χ1n) is 12.8. The maximum Gasteiger partial charge on any atom is 0.0836 e. The number of aliphatic hydroxyl groups is 2. The molecular weight excluding hydrogens is 396 g/mol. The second kappa shape index (κ2) is 12.9. The van der Waals surface area contributed by atoms with Crippen LogP contribution < -0.4 is 0 Å². The molecule has 0 aromatic rings. The van der Waals surface area contributed by atoms with Gasteiger partial charge in [-0.2, -0.15) is 0 Å². The van der Waals surface area contributed by atoms with E-state index in [1.54, 1.807) is 7.11 Å². The highest BCUT2D eigenvalue weighted by Crippen LogP contribution is 2.32. The molecule has 3 aliphatic rings. The molecule has 3 fully saturated rings. The Morgan fingerprint density at radius 3 is 1.42 bits per heavy atom. The van der Waals surface area contributed by atoms with E-state index in [2.05, 4.69) is 6.92 Å². The summed E-state index contributed by atoms with van der Waals surface area (Å²) < 4.78 is 24.8. The molecule has 0 bridgehead atoms. The molecule has 0 aromatic carbocycles. The molecule has 0 aliphatic heterocycles. The van der Waals surface area contributed by atoms with E-state index in [0.717, 1.165) is 70.6 Å². The van der Waals surface area contributed by atoms with Crippen LogP contribution in [-0.2, 0) is 18.9 Å². The molecular formula is C25H46O6. The Balaban J connectivity index is 1.62. The molecule has 0 amide bonds. The van der Waals surface area contributed by atoms with Gasteiger partial charge in [0, 0.05) is 12.5 Å². The van der Waals surface area contributed by atoms with E-state index in [0.29, 0.717) is 19.8 Å². The van der Waals surface area contributed by atoms with Crippen molar-refractivity contribution in [1.29, 1.82) is 0 Å². The summed E-state index contributed by atoms with van der Waals surface area (Å²) in [6.07, 6.45) is 12.5. The van der Waals surface area contributed by atoms with Crippen molar-refractivity contribution in [2.75, 3.05) is 26.9 Å². The van der Waals surface area contributed by atoms with Gasteiger partial charge in [0.1, 0.15) is 0 Å². The summed E-state index contributed by atoms with van der Waals surface area (Å²) in [7, 11) is 1.78. The fraction of sp³-hybridized carbons (Fsp3) is 1.00. The molecule has 6 heteroatoms. The van der Waals surface area contributed by atoms with Gasteiger partial charge in [-0.3, -0.25) is 0 Å². The Hall–Kier alpha value is -0.240. The molecule has 0 saturated heterocycles. The van der Waals surface area contributed by atoms with Crippen molar-refractivity contribution in [3.8, 4) is 0 Å². The number of hydrogen-bond donors (Lipinski definition) is 2. The quantitative estimate of drug-likeness (QED) is 0.504. The summed E-state index contributed by atoms with van der Waals surface area (Å²) in [4.78, 5) is 0. The summed E-state index contributed by atoms with van der Waals surface area (Å²) in [6, 6.07) is 0. The zero-order valence-corrected chi connectivity index (χ0v) is 19.8. The van der Waals surface area contributed by atoms with Crippen LogP contribution in [0, 0.1) is 5.41 Å². The minimum Gasteiger partial charge on any atom is -0.390 e. The van der Waals surface area contributed by atoms with Crippen LogP contribution in [0.4, 0.5) is 0 Å². The standard InChI is InChI=1S/C25H46O6/c1-3-25(16-29-21-12-6-4-10-19(21)26,17-30-22-13-7-5-11-20(22)27)18-31-24-15-9-8-14-23(24)28-2/h19-24,26-27H,3-18H2,1-2H3. The van der Waals surface area contributed by atoms with E-state index in [9.17, 15) is 10.2 Å². The lowest BCUT2D eigenvalue weighted by molar-refractivity contribution is -0.163. The zero-order valence-electron chi connectivity index (χ0n) is 19.8.